The van der Waals surface area contributed by atoms with E-state index in [9.17, 15) is 9.32 Å². The molecule has 0 saturated carbocycles. The topological polar surface area (TPSA) is 62.2 Å². The molecule has 1 aromatic rings. The van der Waals surface area contributed by atoms with Crippen molar-refractivity contribution in [2.24, 2.45) is 0 Å². The van der Waals surface area contributed by atoms with Crippen LogP contribution >= 0.6 is 11.3 Å². The summed E-state index contributed by atoms with van der Waals surface area (Å²) in [4.78, 5) is 3.99. The molecule has 0 radical (unpaired) electrons. The van der Waals surface area contributed by atoms with Crippen molar-refractivity contribution >= 4 is 22.3 Å². The van der Waals surface area contributed by atoms with E-state index in [1.54, 1.807) is 20.9 Å². The highest BCUT2D eigenvalue weighted by Crippen LogP contribution is 2.25. The summed E-state index contributed by atoms with van der Waals surface area (Å²) in [6, 6.07) is 0. The van der Waals surface area contributed by atoms with Crippen LogP contribution in [0.2, 0.25) is 0 Å². The average molecular weight is 220 g/mol. The Balaban J connectivity index is 2.93. The number of hydrogen-bond acceptors (Lipinski definition) is 4. The molecule has 0 aliphatic rings. The molecule has 0 amide bonds. The zero-order valence-corrected chi connectivity index (χ0v) is 9.33. The molecule has 0 fully saturated rings. The Labute approximate surface area is 83.6 Å². The third kappa shape index (κ3) is 2.57. The van der Waals surface area contributed by atoms with E-state index in [0.29, 0.717) is 9.22 Å². The van der Waals surface area contributed by atoms with Crippen LogP contribution in [0.3, 0.4) is 0 Å². The SMILES string of the molecule is CNS(=O)c1cnc(C(C)(C)O)s1. The number of aromatic nitrogens is 1. The highest BCUT2D eigenvalue weighted by molar-refractivity contribution is 7.85. The quantitative estimate of drug-likeness (QED) is 0.784. The van der Waals surface area contributed by atoms with Gasteiger partial charge in [0.15, 0.2) is 0 Å². The monoisotopic (exact) mass is 220 g/mol. The van der Waals surface area contributed by atoms with E-state index in [1.165, 1.54) is 17.5 Å². The van der Waals surface area contributed by atoms with E-state index >= 15 is 0 Å². The third-order valence-electron chi connectivity index (χ3n) is 1.38. The molecule has 0 aromatic carbocycles. The second-order valence-electron chi connectivity index (χ2n) is 3.02. The van der Waals surface area contributed by atoms with Crippen LogP contribution in [0.15, 0.2) is 10.4 Å². The Morgan fingerprint density at radius 2 is 2.31 bits per heavy atom. The maximum absolute atomic E-state index is 11.2. The number of thiazole rings is 1. The van der Waals surface area contributed by atoms with Gasteiger partial charge in [-0.2, -0.15) is 0 Å². The van der Waals surface area contributed by atoms with Crippen LogP contribution in [-0.4, -0.2) is 21.3 Å². The van der Waals surface area contributed by atoms with Crippen LogP contribution < -0.4 is 4.72 Å². The standard InChI is InChI=1S/C7H12N2O2S2/c1-7(2,10)6-9-4-5(12-6)13(11)8-3/h4,8,10H,1-3H3. The zero-order valence-electron chi connectivity index (χ0n) is 7.70. The molecule has 0 spiro atoms. The first-order valence-electron chi connectivity index (χ1n) is 3.73. The Kier molecular flexibility index (Phi) is 3.18. The lowest BCUT2D eigenvalue weighted by atomic mass is 10.2. The van der Waals surface area contributed by atoms with Crippen LogP contribution in [0.1, 0.15) is 18.9 Å². The summed E-state index contributed by atoms with van der Waals surface area (Å²) in [5, 5.41) is 10.2. The Bertz CT molecular complexity index is 317. The normalized spacial score (nSPS) is 14.5. The van der Waals surface area contributed by atoms with Crippen LogP contribution in [0.4, 0.5) is 0 Å². The van der Waals surface area contributed by atoms with E-state index in [4.69, 9.17) is 0 Å². The summed E-state index contributed by atoms with van der Waals surface area (Å²) in [6.07, 6.45) is 1.52. The van der Waals surface area contributed by atoms with Gasteiger partial charge in [-0.05, 0) is 20.9 Å². The predicted octanol–water partition coefficient (Wildman–Crippen LogP) is 0.613. The minimum Gasteiger partial charge on any atom is -0.383 e. The van der Waals surface area contributed by atoms with E-state index < -0.39 is 16.6 Å². The van der Waals surface area contributed by atoms with E-state index in [1.807, 2.05) is 0 Å². The molecule has 0 aliphatic carbocycles. The van der Waals surface area contributed by atoms with Gasteiger partial charge in [-0.1, -0.05) is 0 Å². The molecule has 1 rings (SSSR count). The van der Waals surface area contributed by atoms with Crippen molar-refractivity contribution in [2.75, 3.05) is 7.05 Å². The van der Waals surface area contributed by atoms with Gasteiger partial charge in [0.05, 0.1) is 6.20 Å². The number of rotatable bonds is 3. The van der Waals surface area contributed by atoms with Gasteiger partial charge in [0.25, 0.3) is 0 Å². The molecule has 13 heavy (non-hydrogen) atoms. The summed E-state index contributed by atoms with van der Waals surface area (Å²) in [6.45, 7) is 3.30. The van der Waals surface area contributed by atoms with E-state index in [2.05, 4.69) is 9.71 Å². The number of nitrogens with one attached hydrogen (secondary N) is 1. The average Bonchev–Trinajstić information content (AvgIpc) is 2.50. The summed E-state index contributed by atoms with van der Waals surface area (Å²) >= 11 is 1.25. The van der Waals surface area contributed by atoms with Crippen molar-refractivity contribution in [3.63, 3.8) is 0 Å². The van der Waals surface area contributed by atoms with Crippen LogP contribution in [0.25, 0.3) is 0 Å². The number of aliphatic hydroxyl groups is 1. The number of hydrogen-bond donors (Lipinski definition) is 2. The van der Waals surface area contributed by atoms with Gasteiger partial charge in [-0.15, -0.1) is 11.3 Å². The molecular formula is C7H12N2O2S2. The third-order valence-corrected chi connectivity index (χ3v) is 4.03. The molecular weight excluding hydrogens is 208 g/mol. The maximum Gasteiger partial charge on any atom is 0.136 e. The van der Waals surface area contributed by atoms with Crippen molar-refractivity contribution in [3.05, 3.63) is 11.2 Å². The molecule has 2 N–H and O–H groups in total. The largest absolute Gasteiger partial charge is 0.383 e. The minimum atomic E-state index is -1.21. The number of nitrogens with zero attached hydrogens (tertiary/aromatic N) is 1. The Morgan fingerprint density at radius 1 is 1.69 bits per heavy atom. The Morgan fingerprint density at radius 3 is 2.69 bits per heavy atom. The van der Waals surface area contributed by atoms with Crippen molar-refractivity contribution < 1.29 is 9.32 Å². The first-order valence-corrected chi connectivity index (χ1v) is 5.69. The van der Waals surface area contributed by atoms with Crippen molar-refractivity contribution in [3.8, 4) is 0 Å². The molecule has 0 saturated heterocycles. The first kappa shape index (κ1) is 10.8. The molecule has 74 valence electrons. The second-order valence-corrected chi connectivity index (χ2v) is 5.69. The van der Waals surface area contributed by atoms with Gasteiger partial charge < -0.3 is 5.11 Å². The molecule has 4 nitrogen and oxygen atoms in total. The van der Waals surface area contributed by atoms with Gasteiger partial charge in [-0.3, -0.25) is 0 Å². The first-order chi connectivity index (χ1) is 5.95. The summed E-state index contributed by atoms with van der Waals surface area (Å²) in [7, 11) is 0.401. The van der Waals surface area contributed by atoms with Crippen LogP contribution in [0.5, 0.6) is 0 Å². The van der Waals surface area contributed by atoms with Crippen molar-refractivity contribution in [1.82, 2.24) is 9.71 Å². The van der Waals surface area contributed by atoms with Crippen LogP contribution in [-0.2, 0) is 16.6 Å². The van der Waals surface area contributed by atoms with Gasteiger partial charge in [0.2, 0.25) is 0 Å². The smallest absolute Gasteiger partial charge is 0.136 e. The maximum atomic E-state index is 11.2. The molecule has 1 unspecified atom stereocenters. The fourth-order valence-corrected chi connectivity index (χ4v) is 2.52. The van der Waals surface area contributed by atoms with E-state index in [-0.39, 0.29) is 0 Å². The van der Waals surface area contributed by atoms with Gasteiger partial charge in [-0.25, -0.2) is 13.9 Å². The molecule has 0 aliphatic heterocycles. The Hall–Kier alpha value is -0.300. The predicted molar refractivity (Wildman–Crippen MR) is 52.8 cm³/mol. The molecule has 1 heterocycles. The van der Waals surface area contributed by atoms with Crippen molar-refractivity contribution in [2.45, 2.75) is 23.7 Å². The second kappa shape index (κ2) is 3.83. The van der Waals surface area contributed by atoms with Crippen LogP contribution in [0, 0.1) is 0 Å². The lowest BCUT2D eigenvalue weighted by molar-refractivity contribution is 0.0783. The summed E-state index contributed by atoms with van der Waals surface area (Å²) < 4.78 is 14.5. The van der Waals surface area contributed by atoms with Crippen molar-refractivity contribution in [1.29, 1.82) is 0 Å². The summed E-state index contributed by atoms with van der Waals surface area (Å²) in [5.74, 6) is 0. The van der Waals surface area contributed by atoms with E-state index in [0.717, 1.165) is 0 Å². The lowest BCUT2D eigenvalue weighted by Crippen LogP contribution is -2.14. The lowest BCUT2D eigenvalue weighted by Gasteiger charge is -2.12. The zero-order chi connectivity index (χ0) is 10.1. The fourth-order valence-electron chi connectivity index (χ4n) is 0.728. The molecule has 6 heteroatoms. The molecule has 0 bridgehead atoms. The molecule has 1 atom stereocenters. The highest BCUT2D eigenvalue weighted by Gasteiger charge is 2.21. The minimum absolute atomic E-state index is 0.575. The van der Waals surface area contributed by atoms with Gasteiger partial charge in [0.1, 0.15) is 25.8 Å². The summed E-state index contributed by atoms with van der Waals surface area (Å²) in [5.41, 5.74) is -0.957. The fraction of sp³-hybridized carbons (Fsp3) is 0.571. The van der Waals surface area contributed by atoms with Gasteiger partial charge >= 0.3 is 0 Å². The van der Waals surface area contributed by atoms with Gasteiger partial charge in [0, 0.05) is 0 Å². The molecule has 1 aromatic heterocycles. The highest BCUT2D eigenvalue weighted by atomic mass is 32.2.